The van der Waals surface area contributed by atoms with Gasteiger partial charge in [-0.15, -0.1) is 0 Å². The van der Waals surface area contributed by atoms with E-state index in [0.717, 1.165) is 65.3 Å². The fourth-order valence-electron chi connectivity index (χ4n) is 3.88. The molecule has 5 heterocycles. The van der Waals surface area contributed by atoms with E-state index in [1.807, 2.05) is 42.7 Å². The highest BCUT2D eigenvalue weighted by Gasteiger charge is 2.18. The summed E-state index contributed by atoms with van der Waals surface area (Å²) in [6.07, 6.45) is 9.72. The van der Waals surface area contributed by atoms with Gasteiger partial charge in [-0.1, -0.05) is 0 Å². The Labute approximate surface area is 163 Å². The summed E-state index contributed by atoms with van der Waals surface area (Å²) in [5.41, 5.74) is 5.39. The van der Waals surface area contributed by atoms with Crippen molar-refractivity contribution in [3.8, 4) is 22.3 Å². The SMILES string of the molecule is CN1CCN(c2cc(-c3c[nH]c4nccc(-c5cnn(C)c5)c34)ccn2)CC1. The summed E-state index contributed by atoms with van der Waals surface area (Å²) in [5, 5.41) is 5.45. The van der Waals surface area contributed by atoms with E-state index in [-0.39, 0.29) is 0 Å². The number of aryl methyl sites for hydroxylation is 1. The van der Waals surface area contributed by atoms with Crippen molar-refractivity contribution in [2.24, 2.45) is 7.05 Å². The van der Waals surface area contributed by atoms with Crippen LogP contribution in [-0.2, 0) is 7.05 Å². The van der Waals surface area contributed by atoms with Gasteiger partial charge in [0.15, 0.2) is 0 Å². The van der Waals surface area contributed by atoms with Crippen molar-refractivity contribution < 1.29 is 0 Å². The zero-order valence-corrected chi connectivity index (χ0v) is 16.1. The molecular weight excluding hydrogens is 350 g/mol. The second kappa shape index (κ2) is 6.76. The summed E-state index contributed by atoms with van der Waals surface area (Å²) in [4.78, 5) is 17.2. The molecule has 1 N–H and O–H groups in total. The Bertz CT molecular complexity index is 1120. The lowest BCUT2D eigenvalue weighted by Crippen LogP contribution is -2.44. The number of likely N-dealkylation sites (N-methyl/N-ethyl adjacent to an activating group) is 1. The van der Waals surface area contributed by atoms with Crippen molar-refractivity contribution in [1.29, 1.82) is 0 Å². The van der Waals surface area contributed by atoms with Gasteiger partial charge in [0, 0.05) is 74.5 Å². The van der Waals surface area contributed by atoms with Gasteiger partial charge >= 0.3 is 0 Å². The van der Waals surface area contributed by atoms with Crippen LogP contribution in [0.3, 0.4) is 0 Å². The maximum Gasteiger partial charge on any atom is 0.138 e. The molecule has 0 radical (unpaired) electrons. The first-order chi connectivity index (χ1) is 13.7. The molecule has 0 unspecified atom stereocenters. The first-order valence-corrected chi connectivity index (χ1v) is 9.54. The minimum Gasteiger partial charge on any atom is -0.354 e. The molecule has 7 heteroatoms. The summed E-state index contributed by atoms with van der Waals surface area (Å²) in [5.74, 6) is 1.03. The Balaban J connectivity index is 1.59. The average molecular weight is 373 g/mol. The van der Waals surface area contributed by atoms with Gasteiger partial charge in [0.2, 0.25) is 0 Å². The molecule has 4 aromatic heterocycles. The van der Waals surface area contributed by atoms with E-state index in [9.17, 15) is 0 Å². The molecule has 1 aliphatic heterocycles. The highest BCUT2D eigenvalue weighted by molar-refractivity contribution is 6.04. The van der Waals surface area contributed by atoms with Crippen molar-refractivity contribution in [2.45, 2.75) is 0 Å². The number of fused-ring (bicyclic) bond motifs is 1. The molecule has 1 aliphatic rings. The minimum absolute atomic E-state index is 0.884. The predicted molar refractivity (Wildman–Crippen MR) is 111 cm³/mol. The number of aromatic nitrogens is 5. The number of aromatic amines is 1. The Morgan fingerprint density at radius 2 is 1.75 bits per heavy atom. The Hall–Kier alpha value is -3.19. The van der Waals surface area contributed by atoms with E-state index in [1.54, 1.807) is 0 Å². The lowest BCUT2D eigenvalue weighted by Gasteiger charge is -2.33. The van der Waals surface area contributed by atoms with Crippen molar-refractivity contribution >= 4 is 16.9 Å². The van der Waals surface area contributed by atoms with Gasteiger partial charge in [-0.05, 0) is 36.4 Å². The van der Waals surface area contributed by atoms with E-state index in [2.05, 4.69) is 55.1 Å². The van der Waals surface area contributed by atoms with Crippen molar-refractivity contribution in [3.05, 3.63) is 49.2 Å². The van der Waals surface area contributed by atoms with Crippen LogP contribution in [-0.4, -0.2) is 62.9 Å². The smallest absolute Gasteiger partial charge is 0.138 e. The van der Waals surface area contributed by atoms with Crippen LogP contribution < -0.4 is 4.90 Å². The van der Waals surface area contributed by atoms with Gasteiger partial charge in [-0.2, -0.15) is 5.10 Å². The van der Waals surface area contributed by atoms with Crippen LogP contribution in [0.25, 0.3) is 33.3 Å². The van der Waals surface area contributed by atoms with Crippen LogP contribution in [0.4, 0.5) is 5.82 Å². The normalized spacial score (nSPS) is 15.4. The maximum atomic E-state index is 4.63. The number of rotatable bonds is 3. The second-order valence-electron chi connectivity index (χ2n) is 7.38. The number of hydrogen-bond donors (Lipinski definition) is 1. The quantitative estimate of drug-likeness (QED) is 0.598. The molecule has 4 aromatic rings. The molecule has 1 fully saturated rings. The largest absolute Gasteiger partial charge is 0.354 e. The summed E-state index contributed by atoms with van der Waals surface area (Å²) in [6.45, 7) is 4.13. The summed E-state index contributed by atoms with van der Waals surface area (Å²) in [6, 6.07) is 6.31. The molecule has 5 rings (SSSR count). The third-order valence-electron chi connectivity index (χ3n) is 5.47. The van der Waals surface area contributed by atoms with Crippen LogP contribution in [0.15, 0.2) is 49.2 Å². The van der Waals surface area contributed by atoms with Gasteiger partial charge in [-0.25, -0.2) is 9.97 Å². The van der Waals surface area contributed by atoms with E-state index in [0.29, 0.717) is 0 Å². The molecule has 0 aromatic carbocycles. The zero-order valence-electron chi connectivity index (χ0n) is 16.1. The monoisotopic (exact) mass is 373 g/mol. The minimum atomic E-state index is 0.884. The van der Waals surface area contributed by atoms with E-state index < -0.39 is 0 Å². The topological polar surface area (TPSA) is 65.9 Å². The third-order valence-corrected chi connectivity index (χ3v) is 5.47. The van der Waals surface area contributed by atoms with Crippen LogP contribution >= 0.6 is 0 Å². The molecule has 142 valence electrons. The lowest BCUT2D eigenvalue weighted by atomic mass is 10.0. The average Bonchev–Trinajstić information content (AvgIpc) is 3.35. The van der Waals surface area contributed by atoms with Gasteiger partial charge in [0.25, 0.3) is 0 Å². The standard InChI is InChI=1S/C21H23N7/c1-26-7-9-28(10-8-26)19-11-15(3-5-22-19)18-13-24-21-20(18)17(4-6-23-21)16-12-25-27(2)14-16/h3-6,11-14H,7-10H2,1-2H3,(H,23,24). The highest BCUT2D eigenvalue weighted by Crippen LogP contribution is 2.36. The zero-order chi connectivity index (χ0) is 19.1. The van der Waals surface area contributed by atoms with Gasteiger partial charge < -0.3 is 14.8 Å². The van der Waals surface area contributed by atoms with Crippen LogP contribution in [0, 0.1) is 0 Å². The summed E-state index contributed by atoms with van der Waals surface area (Å²) >= 11 is 0. The van der Waals surface area contributed by atoms with Gasteiger partial charge in [0.05, 0.1) is 6.20 Å². The third kappa shape index (κ3) is 2.93. The highest BCUT2D eigenvalue weighted by atomic mass is 15.3. The van der Waals surface area contributed by atoms with Crippen LogP contribution in [0.1, 0.15) is 0 Å². The van der Waals surface area contributed by atoms with Crippen LogP contribution in [0.2, 0.25) is 0 Å². The Morgan fingerprint density at radius 3 is 2.54 bits per heavy atom. The first kappa shape index (κ1) is 16.9. The first-order valence-electron chi connectivity index (χ1n) is 9.54. The maximum absolute atomic E-state index is 4.63. The number of pyridine rings is 2. The summed E-state index contributed by atoms with van der Waals surface area (Å²) in [7, 11) is 4.10. The Morgan fingerprint density at radius 1 is 0.929 bits per heavy atom. The van der Waals surface area contributed by atoms with Crippen molar-refractivity contribution in [1.82, 2.24) is 29.6 Å². The molecule has 0 spiro atoms. The molecule has 0 saturated carbocycles. The number of hydrogen-bond acceptors (Lipinski definition) is 5. The van der Waals surface area contributed by atoms with E-state index in [4.69, 9.17) is 0 Å². The van der Waals surface area contributed by atoms with Gasteiger partial charge in [0.1, 0.15) is 11.5 Å². The summed E-state index contributed by atoms with van der Waals surface area (Å²) < 4.78 is 1.83. The fraction of sp³-hybridized carbons (Fsp3) is 0.286. The lowest BCUT2D eigenvalue weighted by molar-refractivity contribution is 0.312. The van der Waals surface area contributed by atoms with Crippen molar-refractivity contribution in [2.75, 3.05) is 38.1 Å². The molecular formula is C21H23N7. The van der Waals surface area contributed by atoms with Crippen molar-refractivity contribution in [3.63, 3.8) is 0 Å². The number of H-pyrrole nitrogens is 1. The molecule has 0 bridgehead atoms. The predicted octanol–water partition coefficient (Wildman–Crippen LogP) is 2.78. The number of nitrogens with one attached hydrogen (secondary N) is 1. The Kier molecular flexibility index (Phi) is 4.09. The van der Waals surface area contributed by atoms with Crippen LogP contribution in [0.5, 0.6) is 0 Å². The number of anilines is 1. The number of piperazine rings is 1. The molecule has 28 heavy (non-hydrogen) atoms. The second-order valence-corrected chi connectivity index (χ2v) is 7.38. The molecule has 1 saturated heterocycles. The molecule has 0 amide bonds. The fourth-order valence-corrected chi connectivity index (χ4v) is 3.88. The van der Waals surface area contributed by atoms with E-state index >= 15 is 0 Å². The number of nitrogens with zero attached hydrogens (tertiary/aromatic N) is 6. The van der Waals surface area contributed by atoms with Gasteiger partial charge in [-0.3, -0.25) is 4.68 Å². The van der Waals surface area contributed by atoms with E-state index in [1.165, 1.54) is 0 Å². The molecule has 0 aliphatic carbocycles. The molecule has 0 atom stereocenters. The molecule has 7 nitrogen and oxygen atoms in total.